The molecule has 0 aromatic heterocycles. The molecule has 1 unspecified atom stereocenters. The van der Waals surface area contributed by atoms with Crippen molar-refractivity contribution in [1.29, 1.82) is 0 Å². The fourth-order valence-corrected chi connectivity index (χ4v) is 1.64. The number of aromatic hydroxyl groups is 1. The summed E-state index contributed by atoms with van der Waals surface area (Å²) in [5, 5.41) is 15.7. The molecule has 0 saturated heterocycles. The SMILES string of the molecule is COc1ccc(O)c(C(C)NCCNC(C)=O)c1. The molecule has 3 N–H and O–H groups in total. The number of rotatable bonds is 6. The van der Waals surface area contributed by atoms with Gasteiger partial charge in [0.05, 0.1) is 7.11 Å². The Balaban J connectivity index is 2.55. The van der Waals surface area contributed by atoms with Crippen LogP contribution in [-0.4, -0.2) is 31.2 Å². The molecule has 100 valence electrons. The predicted molar refractivity (Wildman–Crippen MR) is 69.8 cm³/mol. The maximum atomic E-state index is 10.7. The van der Waals surface area contributed by atoms with E-state index in [2.05, 4.69) is 10.6 Å². The van der Waals surface area contributed by atoms with E-state index in [0.29, 0.717) is 18.8 Å². The molecule has 1 rings (SSSR count). The zero-order chi connectivity index (χ0) is 13.5. The van der Waals surface area contributed by atoms with Crippen molar-refractivity contribution >= 4 is 5.91 Å². The number of amides is 1. The Kier molecular flexibility index (Phi) is 5.45. The van der Waals surface area contributed by atoms with Crippen molar-refractivity contribution in [2.24, 2.45) is 0 Å². The van der Waals surface area contributed by atoms with Gasteiger partial charge in [-0.15, -0.1) is 0 Å². The Morgan fingerprint density at radius 1 is 1.44 bits per heavy atom. The van der Waals surface area contributed by atoms with E-state index in [1.807, 2.05) is 6.92 Å². The summed E-state index contributed by atoms with van der Waals surface area (Å²) < 4.78 is 5.12. The second kappa shape index (κ2) is 6.86. The van der Waals surface area contributed by atoms with E-state index < -0.39 is 0 Å². The molecule has 0 spiro atoms. The van der Waals surface area contributed by atoms with Gasteiger partial charge in [-0.1, -0.05) is 0 Å². The summed E-state index contributed by atoms with van der Waals surface area (Å²) in [7, 11) is 1.59. The molecule has 0 saturated carbocycles. The van der Waals surface area contributed by atoms with E-state index in [4.69, 9.17) is 4.74 Å². The highest BCUT2D eigenvalue weighted by Gasteiger charge is 2.10. The third-order valence-electron chi connectivity index (χ3n) is 2.65. The van der Waals surface area contributed by atoms with E-state index in [9.17, 15) is 9.90 Å². The molecule has 0 aliphatic carbocycles. The molecule has 0 bridgehead atoms. The minimum absolute atomic E-state index is 0.0196. The van der Waals surface area contributed by atoms with Crippen LogP contribution in [0.2, 0.25) is 0 Å². The third-order valence-corrected chi connectivity index (χ3v) is 2.65. The molecule has 18 heavy (non-hydrogen) atoms. The number of nitrogens with one attached hydrogen (secondary N) is 2. The van der Waals surface area contributed by atoms with Crippen molar-refractivity contribution in [2.45, 2.75) is 19.9 Å². The smallest absolute Gasteiger partial charge is 0.216 e. The average molecular weight is 252 g/mol. The normalized spacial score (nSPS) is 11.9. The van der Waals surface area contributed by atoms with Crippen molar-refractivity contribution < 1.29 is 14.6 Å². The lowest BCUT2D eigenvalue weighted by Crippen LogP contribution is -2.31. The molecule has 0 radical (unpaired) electrons. The van der Waals surface area contributed by atoms with Crippen molar-refractivity contribution in [1.82, 2.24) is 10.6 Å². The summed E-state index contributed by atoms with van der Waals surface area (Å²) >= 11 is 0. The molecule has 5 nitrogen and oxygen atoms in total. The van der Waals surface area contributed by atoms with Crippen molar-refractivity contribution in [2.75, 3.05) is 20.2 Å². The van der Waals surface area contributed by atoms with Crippen LogP contribution in [0.1, 0.15) is 25.5 Å². The van der Waals surface area contributed by atoms with Gasteiger partial charge in [0, 0.05) is 31.6 Å². The fourth-order valence-electron chi connectivity index (χ4n) is 1.64. The Morgan fingerprint density at radius 2 is 2.17 bits per heavy atom. The highest BCUT2D eigenvalue weighted by atomic mass is 16.5. The topological polar surface area (TPSA) is 70.6 Å². The molecule has 1 atom stereocenters. The number of carbonyl (C=O) groups excluding carboxylic acids is 1. The molecular formula is C13H20N2O3. The number of carbonyl (C=O) groups is 1. The van der Waals surface area contributed by atoms with Crippen molar-refractivity contribution in [3.05, 3.63) is 23.8 Å². The molecule has 5 heteroatoms. The van der Waals surface area contributed by atoms with Crippen molar-refractivity contribution in [3.63, 3.8) is 0 Å². The molecule has 1 aromatic rings. The highest BCUT2D eigenvalue weighted by Crippen LogP contribution is 2.27. The average Bonchev–Trinajstić information content (AvgIpc) is 2.34. The first-order valence-electron chi connectivity index (χ1n) is 5.89. The van der Waals surface area contributed by atoms with E-state index in [1.165, 1.54) is 6.92 Å². The van der Waals surface area contributed by atoms with Gasteiger partial charge in [0.2, 0.25) is 5.91 Å². The highest BCUT2D eigenvalue weighted by molar-refractivity contribution is 5.72. The summed E-state index contributed by atoms with van der Waals surface area (Å²) in [5.41, 5.74) is 0.775. The Bertz CT molecular complexity index is 407. The van der Waals surface area contributed by atoms with Crippen LogP contribution in [0.25, 0.3) is 0 Å². The quantitative estimate of drug-likeness (QED) is 0.665. The summed E-state index contributed by atoms with van der Waals surface area (Å²) in [4.78, 5) is 10.7. The van der Waals surface area contributed by atoms with Crippen molar-refractivity contribution in [3.8, 4) is 11.5 Å². The number of phenols is 1. The molecule has 1 amide bonds. The number of phenolic OH excluding ortho intramolecular Hbond substituents is 1. The van der Waals surface area contributed by atoms with Gasteiger partial charge >= 0.3 is 0 Å². The second-order valence-corrected chi connectivity index (χ2v) is 4.08. The minimum Gasteiger partial charge on any atom is -0.508 e. The van der Waals surface area contributed by atoms with Crippen LogP contribution in [0.15, 0.2) is 18.2 Å². The largest absolute Gasteiger partial charge is 0.508 e. The lowest BCUT2D eigenvalue weighted by Gasteiger charge is -2.16. The van der Waals surface area contributed by atoms with Crippen LogP contribution in [0.3, 0.4) is 0 Å². The maximum absolute atomic E-state index is 10.7. The third kappa shape index (κ3) is 4.25. The van der Waals surface area contributed by atoms with Gasteiger partial charge in [-0.2, -0.15) is 0 Å². The van der Waals surface area contributed by atoms with Gasteiger partial charge in [0.1, 0.15) is 11.5 Å². The van der Waals surface area contributed by atoms with E-state index >= 15 is 0 Å². The summed E-state index contributed by atoms with van der Waals surface area (Å²) in [6.07, 6.45) is 0. The fraction of sp³-hybridized carbons (Fsp3) is 0.462. The number of hydrogen-bond donors (Lipinski definition) is 3. The van der Waals surface area contributed by atoms with Crippen LogP contribution in [0.5, 0.6) is 11.5 Å². The van der Waals surface area contributed by atoms with Crippen LogP contribution in [-0.2, 0) is 4.79 Å². The number of ether oxygens (including phenoxy) is 1. The number of methoxy groups -OCH3 is 1. The predicted octanol–water partition coefficient (Wildman–Crippen LogP) is 1.19. The molecule has 1 aromatic carbocycles. The van der Waals surface area contributed by atoms with Gasteiger partial charge in [0.15, 0.2) is 0 Å². The lowest BCUT2D eigenvalue weighted by molar-refractivity contribution is -0.118. The van der Waals surface area contributed by atoms with E-state index in [-0.39, 0.29) is 17.7 Å². The Labute approximate surface area is 107 Å². The van der Waals surface area contributed by atoms with Crippen LogP contribution < -0.4 is 15.4 Å². The number of hydrogen-bond acceptors (Lipinski definition) is 4. The lowest BCUT2D eigenvalue weighted by atomic mass is 10.1. The molecule has 0 fully saturated rings. The van der Waals surface area contributed by atoms with Gasteiger partial charge in [-0.25, -0.2) is 0 Å². The monoisotopic (exact) mass is 252 g/mol. The van der Waals surface area contributed by atoms with Crippen LogP contribution >= 0.6 is 0 Å². The Hall–Kier alpha value is -1.75. The van der Waals surface area contributed by atoms with Crippen LogP contribution in [0, 0.1) is 0 Å². The van der Waals surface area contributed by atoms with Gasteiger partial charge in [-0.05, 0) is 25.1 Å². The van der Waals surface area contributed by atoms with Gasteiger partial charge < -0.3 is 20.5 Å². The first-order valence-corrected chi connectivity index (χ1v) is 5.89. The molecular weight excluding hydrogens is 232 g/mol. The zero-order valence-corrected chi connectivity index (χ0v) is 11.0. The maximum Gasteiger partial charge on any atom is 0.216 e. The first kappa shape index (κ1) is 14.3. The van der Waals surface area contributed by atoms with E-state index in [0.717, 1.165) is 5.56 Å². The van der Waals surface area contributed by atoms with Gasteiger partial charge in [-0.3, -0.25) is 4.79 Å². The Morgan fingerprint density at radius 3 is 2.78 bits per heavy atom. The minimum atomic E-state index is -0.0475. The molecule has 0 heterocycles. The second-order valence-electron chi connectivity index (χ2n) is 4.08. The molecule has 0 aliphatic rings. The molecule has 0 aliphatic heterocycles. The summed E-state index contributed by atoms with van der Waals surface area (Å²) in [6.45, 7) is 4.63. The zero-order valence-electron chi connectivity index (χ0n) is 11.0. The summed E-state index contributed by atoms with van der Waals surface area (Å²) in [5.74, 6) is 0.891. The first-order chi connectivity index (χ1) is 8.54. The van der Waals surface area contributed by atoms with Crippen LogP contribution in [0.4, 0.5) is 0 Å². The van der Waals surface area contributed by atoms with Gasteiger partial charge in [0.25, 0.3) is 0 Å². The summed E-state index contributed by atoms with van der Waals surface area (Å²) in [6, 6.07) is 5.10. The number of benzene rings is 1. The van der Waals surface area contributed by atoms with E-state index in [1.54, 1.807) is 25.3 Å². The standard InChI is InChI=1S/C13H20N2O3/c1-9(14-6-7-15-10(2)16)12-8-11(18-3)4-5-13(12)17/h4-5,8-9,14,17H,6-7H2,1-3H3,(H,15,16).